The van der Waals surface area contributed by atoms with Crippen molar-refractivity contribution in [3.05, 3.63) is 40.2 Å². The van der Waals surface area contributed by atoms with Crippen LogP contribution in [-0.4, -0.2) is 39.0 Å². The Hall–Kier alpha value is -1.27. The molecule has 4 nitrogen and oxygen atoms in total. The first-order chi connectivity index (χ1) is 10.3. The highest BCUT2D eigenvalue weighted by Gasteiger charge is 2.04. The summed E-state index contributed by atoms with van der Waals surface area (Å²) in [5.74, 6) is 0. The average Bonchev–Trinajstić information content (AvgIpc) is 2.99. The first-order valence-electron chi connectivity index (χ1n) is 7.06. The Kier molecular flexibility index (Phi) is 6.82. The van der Waals surface area contributed by atoms with E-state index >= 15 is 0 Å². The molecule has 0 amide bonds. The van der Waals surface area contributed by atoms with Gasteiger partial charge in [-0.05, 0) is 12.0 Å². The summed E-state index contributed by atoms with van der Waals surface area (Å²) in [5.41, 5.74) is 3.50. The van der Waals surface area contributed by atoms with Crippen molar-refractivity contribution in [2.75, 3.05) is 34.0 Å². The van der Waals surface area contributed by atoms with Gasteiger partial charge < -0.3 is 14.8 Å². The minimum absolute atomic E-state index is 0.723. The number of rotatable bonds is 9. The van der Waals surface area contributed by atoms with Crippen LogP contribution in [-0.2, 0) is 22.4 Å². The number of aromatic nitrogens is 1. The van der Waals surface area contributed by atoms with E-state index < -0.39 is 0 Å². The van der Waals surface area contributed by atoms with Gasteiger partial charge in [0.25, 0.3) is 0 Å². The molecule has 0 bridgehead atoms. The Morgan fingerprint density at radius 1 is 1.10 bits per heavy atom. The van der Waals surface area contributed by atoms with Gasteiger partial charge in [0.15, 0.2) is 0 Å². The Balaban J connectivity index is 1.91. The van der Waals surface area contributed by atoms with Crippen molar-refractivity contribution in [2.24, 2.45) is 0 Å². The van der Waals surface area contributed by atoms with E-state index in [1.165, 1.54) is 5.56 Å². The first-order valence-corrected chi connectivity index (χ1v) is 7.93. The van der Waals surface area contributed by atoms with Crippen LogP contribution in [0.25, 0.3) is 11.3 Å². The maximum atomic E-state index is 5.09. The number of ether oxygens (including phenoxy) is 2. The third kappa shape index (κ3) is 5.21. The number of hydrogen-bond acceptors (Lipinski definition) is 5. The summed E-state index contributed by atoms with van der Waals surface area (Å²) < 4.78 is 10.1. The highest BCUT2D eigenvalue weighted by molar-refractivity contribution is 7.09. The highest BCUT2D eigenvalue weighted by atomic mass is 32.1. The van der Waals surface area contributed by atoms with Crippen LogP contribution < -0.4 is 5.32 Å². The van der Waals surface area contributed by atoms with Crippen LogP contribution in [0.1, 0.15) is 10.6 Å². The molecule has 1 aromatic carbocycles. The van der Waals surface area contributed by atoms with Crippen LogP contribution in [0.3, 0.4) is 0 Å². The van der Waals surface area contributed by atoms with Crippen molar-refractivity contribution in [3.8, 4) is 11.3 Å². The highest BCUT2D eigenvalue weighted by Crippen LogP contribution is 2.22. The van der Waals surface area contributed by atoms with E-state index in [-0.39, 0.29) is 0 Å². The molecule has 2 aromatic rings. The number of nitrogens with zero attached hydrogens (tertiary/aromatic N) is 1. The molecule has 0 saturated heterocycles. The molecule has 0 fully saturated rings. The van der Waals surface area contributed by atoms with Crippen LogP contribution in [0.5, 0.6) is 0 Å². The predicted octanol–water partition coefficient (Wildman–Crippen LogP) is 2.74. The van der Waals surface area contributed by atoms with E-state index in [9.17, 15) is 0 Å². The lowest BCUT2D eigenvalue weighted by molar-refractivity contribution is 0.199. The van der Waals surface area contributed by atoms with Gasteiger partial charge in [-0.15, -0.1) is 11.3 Å². The fourth-order valence-electron chi connectivity index (χ4n) is 1.96. The molecule has 1 heterocycles. The molecule has 0 atom stereocenters. The molecule has 0 saturated carbocycles. The zero-order valence-electron chi connectivity index (χ0n) is 12.6. The predicted molar refractivity (Wildman–Crippen MR) is 86.7 cm³/mol. The molecule has 0 unspecified atom stereocenters. The van der Waals surface area contributed by atoms with Gasteiger partial charge in [-0.25, -0.2) is 4.98 Å². The minimum atomic E-state index is 0.723. The molecule has 1 N–H and O–H groups in total. The normalized spacial score (nSPS) is 11.0. The van der Waals surface area contributed by atoms with Gasteiger partial charge in [0.2, 0.25) is 0 Å². The lowest BCUT2D eigenvalue weighted by Crippen LogP contribution is -2.18. The lowest BCUT2D eigenvalue weighted by atomic mass is 10.1. The van der Waals surface area contributed by atoms with E-state index in [4.69, 9.17) is 9.47 Å². The second-order valence-electron chi connectivity index (χ2n) is 4.74. The number of thiazole rings is 1. The second-order valence-corrected chi connectivity index (χ2v) is 5.68. The topological polar surface area (TPSA) is 43.4 Å². The van der Waals surface area contributed by atoms with E-state index in [0.29, 0.717) is 0 Å². The SMILES string of the molecule is COCCNCc1nc(-c2ccc(CCOC)cc2)cs1. The second kappa shape index (κ2) is 8.89. The van der Waals surface area contributed by atoms with Crippen molar-refractivity contribution in [1.82, 2.24) is 10.3 Å². The maximum absolute atomic E-state index is 5.09. The third-order valence-electron chi connectivity index (χ3n) is 3.16. The smallest absolute Gasteiger partial charge is 0.107 e. The molecule has 21 heavy (non-hydrogen) atoms. The van der Waals surface area contributed by atoms with Crippen molar-refractivity contribution in [1.29, 1.82) is 0 Å². The first kappa shape index (κ1) is 16.1. The monoisotopic (exact) mass is 306 g/mol. The summed E-state index contributed by atoms with van der Waals surface area (Å²) in [4.78, 5) is 4.66. The molecule has 0 aliphatic carbocycles. The fourth-order valence-corrected chi connectivity index (χ4v) is 2.73. The molecular formula is C16H22N2O2S. The maximum Gasteiger partial charge on any atom is 0.107 e. The van der Waals surface area contributed by atoms with Gasteiger partial charge >= 0.3 is 0 Å². The van der Waals surface area contributed by atoms with Gasteiger partial charge in [0, 0.05) is 38.3 Å². The van der Waals surface area contributed by atoms with Crippen molar-refractivity contribution in [2.45, 2.75) is 13.0 Å². The third-order valence-corrected chi connectivity index (χ3v) is 4.00. The molecule has 0 radical (unpaired) electrons. The number of hydrogen-bond donors (Lipinski definition) is 1. The summed E-state index contributed by atoms with van der Waals surface area (Å²) in [6, 6.07) is 8.54. The van der Waals surface area contributed by atoms with Crippen LogP contribution in [0.2, 0.25) is 0 Å². The fraction of sp³-hybridized carbons (Fsp3) is 0.438. The van der Waals surface area contributed by atoms with Gasteiger partial charge in [0.05, 0.1) is 18.9 Å². The van der Waals surface area contributed by atoms with Crippen LogP contribution in [0.15, 0.2) is 29.6 Å². The zero-order valence-corrected chi connectivity index (χ0v) is 13.4. The average molecular weight is 306 g/mol. The summed E-state index contributed by atoms with van der Waals surface area (Å²) >= 11 is 1.69. The Morgan fingerprint density at radius 2 is 1.86 bits per heavy atom. The zero-order chi connectivity index (χ0) is 14.9. The van der Waals surface area contributed by atoms with Crippen molar-refractivity contribution >= 4 is 11.3 Å². The van der Waals surface area contributed by atoms with Gasteiger partial charge in [0.1, 0.15) is 5.01 Å². The van der Waals surface area contributed by atoms with E-state index in [0.717, 1.165) is 49.0 Å². The summed E-state index contributed by atoms with van der Waals surface area (Å²) in [5, 5.41) is 6.52. The van der Waals surface area contributed by atoms with Crippen molar-refractivity contribution in [3.63, 3.8) is 0 Å². The van der Waals surface area contributed by atoms with Gasteiger partial charge in [-0.3, -0.25) is 0 Å². The van der Waals surface area contributed by atoms with Crippen molar-refractivity contribution < 1.29 is 9.47 Å². The molecule has 5 heteroatoms. The van der Waals surface area contributed by atoms with Gasteiger partial charge in [-0.1, -0.05) is 24.3 Å². The number of methoxy groups -OCH3 is 2. The minimum Gasteiger partial charge on any atom is -0.384 e. The Morgan fingerprint density at radius 3 is 2.57 bits per heavy atom. The van der Waals surface area contributed by atoms with Crippen LogP contribution in [0, 0.1) is 0 Å². The van der Waals surface area contributed by atoms with Crippen LogP contribution in [0.4, 0.5) is 0 Å². The molecule has 0 aliphatic heterocycles. The van der Waals surface area contributed by atoms with Gasteiger partial charge in [-0.2, -0.15) is 0 Å². The summed E-state index contributed by atoms with van der Waals surface area (Å²) in [6.45, 7) is 3.12. The molecular weight excluding hydrogens is 284 g/mol. The van der Waals surface area contributed by atoms with E-state index in [1.54, 1.807) is 25.6 Å². The summed E-state index contributed by atoms with van der Waals surface area (Å²) in [7, 11) is 3.44. The van der Waals surface area contributed by atoms with E-state index in [1.807, 2.05) is 0 Å². The lowest BCUT2D eigenvalue weighted by Gasteiger charge is -2.02. The molecule has 0 spiro atoms. The standard InChI is InChI=1S/C16H22N2O2S/c1-19-9-7-13-3-5-14(6-4-13)15-12-21-16(18-15)11-17-8-10-20-2/h3-6,12,17H,7-11H2,1-2H3. The number of benzene rings is 1. The number of nitrogens with one attached hydrogen (secondary N) is 1. The molecule has 1 aromatic heterocycles. The van der Waals surface area contributed by atoms with Crippen LogP contribution >= 0.6 is 11.3 Å². The van der Waals surface area contributed by atoms with E-state index in [2.05, 4.69) is 39.9 Å². The molecule has 0 aliphatic rings. The quantitative estimate of drug-likeness (QED) is 0.724. The molecule has 114 valence electrons. The summed E-state index contributed by atoms with van der Waals surface area (Å²) in [6.07, 6.45) is 0.947. The Bertz CT molecular complexity index is 525. The Labute approximate surface area is 130 Å². The largest absolute Gasteiger partial charge is 0.384 e. The molecule has 2 rings (SSSR count).